The first-order chi connectivity index (χ1) is 16.1. The quantitative estimate of drug-likeness (QED) is 0.406. The molecule has 4 N–H and O–H groups in total. The van der Waals surface area contributed by atoms with Crippen molar-refractivity contribution in [3.63, 3.8) is 0 Å². The maximum Gasteiger partial charge on any atom is 0.409 e. The molecule has 168 valence electrons. The second kappa shape index (κ2) is 8.91. The van der Waals surface area contributed by atoms with Crippen LogP contribution < -0.4 is 16.0 Å². The molecule has 1 fully saturated rings. The van der Waals surface area contributed by atoms with Crippen LogP contribution in [0.3, 0.4) is 0 Å². The summed E-state index contributed by atoms with van der Waals surface area (Å²) in [6.07, 6.45) is 3.92. The molecular weight excluding hydrogens is 416 g/mol. The summed E-state index contributed by atoms with van der Waals surface area (Å²) < 4.78 is 5.63. The van der Waals surface area contributed by atoms with Crippen LogP contribution >= 0.6 is 0 Å². The summed E-state index contributed by atoms with van der Waals surface area (Å²) in [5.41, 5.74) is 9.44. The van der Waals surface area contributed by atoms with Crippen molar-refractivity contribution >= 4 is 22.9 Å². The Morgan fingerprint density at radius 1 is 1.06 bits per heavy atom. The highest BCUT2D eigenvalue weighted by molar-refractivity contribution is 5.87. The van der Waals surface area contributed by atoms with Crippen LogP contribution in [0.2, 0.25) is 0 Å². The van der Waals surface area contributed by atoms with Crippen molar-refractivity contribution in [3.05, 3.63) is 78.8 Å². The summed E-state index contributed by atoms with van der Waals surface area (Å²) in [7, 11) is 0. The minimum Gasteiger partial charge on any atom is -0.428 e. The van der Waals surface area contributed by atoms with Gasteiger partial charge in [-0.2, -0.15) is 0 Å². The van der Waals surface area contributed by atoms with Crippen LogP contribution in [0.15, 0.2) is 73.2 Å². The van der Waals surface area contributed by atoms with Gasteiger partial charge < -0.3 is 19.9 Å². The van der Waals surface area contributed by atoms with Gasteiger partial charge >= 0.3 is 6.09 Å². The highest BCUT2D eigenvalue weighted by Crippen LogP contribution is 2.28. The Hall–Kier alpha value is -3.91. The van der Waals surface area contributed by atoms with E-state index < -0.39 is 11.8 Å². The molecular formula is C25H26N6O2. The van der Waals surface area contributed by atoms with Crippen molar-refractivity contribution < 1.29 is 9.53 Å². The maximum absolute atomic E-state index is 12.5. The molecule has 0 spiro atoms. The SMILES string of the molecule is NC1(OC(=O)NCc2cccc(-c3ccccc3)c2)CCN(c2ncnc3[nH]ccc23)CC1. The number of fused-ring (bicyclic) bond motifs is 1. The molecule has 1 aliphatic rings. The van der Waals surface area contributed by atoms with Crippen LogP contribution in [0.1, 0.15) is 18.4 Å². The van der Waals surface area contributed by atoms with E-state index in [1.54, 1.807) is 6.33 Å². The minimum absolute atomic E-state index is 0.369. The number of benzene rings is 2. The average Bonchev–Trinajstić information content (AvgIpc) is 3.33. The molecule has 1 aliphatic heterocycles. The maximum atomic E-state index is 12.5. The van der Waals surface area contributed by atoms with Gasteiger partial charge in [-0.3, -0.25) is 5.73 Å². The zero-order valence-corrected chi connectivity index (χ0v) is 18.2. The van der Waals surface area contributed by atoms with Crippen LogP contribution in [0.4, 0.5) is 10.6 Å². The van der Waals surface area contributed by atoms with E-state index in [1.165, 1.54) is 0 Å². The van der Waals surface area contributed by atoms with E-state index in [0.29, 0.717) is 32.5 Å². The molecule has 0 aliphatic carbocycles. The molecule has 0 atom stereocenters. The summed E-state index contributed by atoms with van der Waals surface area (Å²) >= 11 is 0. The number of nitrogens with zero attached hydrogens (tertiary/aromatic N) is 3. The van der Waals surface area contributed by atoms with Gasteiger partial charge in [0.2, 0.25) is 0 Å². The number of alkyl carbamates (subject to hydrolysis) is 1. The summed E-state index contributed by atoms with van der Waals surface area (Å²) in [6, 6.07) is 20.2. The number of piperidine rings is 1. The predicted molar refractivity (Wildman–Crippen MR) is 127 cm³/mol. The third-order valence-corrected chi connectivity index (χ3v) is 6.01. The number of aromatic nitrogens is 3. The molecule has 1 saturated heterocycles. The van der Waals surface area contributed by atoms with Crippen molar-refractivity contribution in [2.75, 3.05) is 18.0 Å². The molecule has 5 rings (SSSR count). The van der Waals surface area contributed by atoms with Crippen LogP contribution in [0.25, 0.3) is 22.2 Å². The summed E-state index contributed by atoms with van der Waals surface area (Å²) in [6.45, 7) is 1.65. The van der Waals surface area contributed by atoms with E-state index in [2.05, 4.69) is 49.4 Å². The van der Waals surface area contributed by atoms with Crippen molar-refractivity contribution in [2.45, 2.75) is 25.1 Å². The normalized spacial score (nSPS) is 15.4. The third kappa shape index (κ3) is 4.65. The monoisotopic (exact) mass is 442 g/mol. The molecule has 8 nitrogen and oxygen atoms in total. The van der Waals surface area contributed by atoms with E-state index in [1.807, 2.05) is 42.6 Å². The number of carbonyl (C=O) groups excluding carboxylic acids is 1. The number of rotatable bonds is 5. The third-order valence-electron chi connectivity index (χ3n) is 6.01. The topological polar surface area (TPSA) is 109 Å². The van der Waals surface area contributed by atoms with E-state index in [-0.39, 0.29) is 0 Å². The smallest absolute Gasteiger partial charge is 0.409 e. The van der Waals surface area contributed by atoms with Crippen molar-refractivity contribution in [1.29, 1.82) is 0 Å². The summed E-state index contributed by atoms with van der Waals surface area (Å²) in [5, 5.41) is 3.81. The lowest BCUT2D eigenvalue weighted by Crippen LogP contribution is -2.54. The number of anilines is 1. The number of H-pyrrole nitrogens is 1. The molecule has 0 bridgehead atoms. The van der Waals surface area contributed by atoms with Gasteiger partial charge in [-0.05, 0) is 28.8 Å². The fourth-order valence-corrected chi connectivity index (χ4v) is 4.20. The lowest BCUT2D eigenvalue weighted by Gasteiger charge is -2.38. The largest absolute Gasteiger partial charge is 0.428 e. The first-order valence-corrected chi connectivity index (χ1v) is 11.0. The Labute approximate surface area is 191 Å². The lowest BCUT2D eigenvalue weighted by atomic mass is 10.0. The summed E-state index contributed by atoms with van der Waals surface area (Å²) in [4.78, 5) is 26.4. The molecule has 33 heavy (non-hydrogen) atoms. The Kier molecular flexibility index (Phi) is 5.66. The number of nitrogens with one attached hydrogen (secondary N) is 2. The predicted octanol–water partition coefficient (Wildman–Crippen LogP) is 3.81. The first-order valence-electron chi connectivity index (χ1n) is 11.0. The minimum atomic E-state index is -1.00. The van der Waals surface area contributed by atoms with Gasteiger partial charge in [0.05, 0.1) is 5.39 Å². The average molecular weight is 443 g/mol. The van der Waals surface area contributed by atoms with Crippen LogP contribution in [-0.4, -0.2) is 39.9 Å². The zero-order chi connectivity index (χ0) is 22.7. The van der Waals surface area contributed by atoms with Gasteiger partial charge in [0.1, 0.15) is 17.8 Å². The van der Waals surface area contributed by atoms with Crippen LogP contribution in [-0.2, 0) is 11.3 Å². The van der Waals surface area contributed by atoms with Gasteiger partial charge in [-0.15, -0.1) is 0 Å². The van der Waals surface area contributed by atoms with Crippen molar-refractivity contribution in [2.24, 2.45) is 5.73 Å². The fourth-order valence-electron chi connectivity index (χ4n) is 4.20. The van der Waals surface area contributed by atoms with E-state index >= 15 is 0 Å². The second-order valence-corrected chi connectivity index (χ2v) is 8.30. The highest BCUT2D eigenvalue weighted by Gasteiger charge is 2.35. The standard InChI is InChI=1S/C25H26N6O2/c26-25(10-13-31(14-11-25)23-21-9-12-27-22(21)29-17-30-23)33-24(32)28-16-18-5-4-8-20(15-18)19-6-2-1-3-7-19/h1-9,12,15,17H,10-11,13-14,16,26H2,(H,28,32)(H,27,29,30). The molecule has 8 heteroatoms. The number of hydrogen-bond donors (Lipinski definition) is 3. The van der Waals surface area contributed by atoms with Gasteiger partial charge in [-0.1, -0.05) is 48.5 Å². The van der Waals surface area contributed by atoms with E-state index in [4.69, 9.17) is 10.5 Å². The zero-order valence-electron chi connectivity index (χ0n) is 18.2. The molecule has 3 heterocycles. The summed E-state index contributed by atoms with van der Waals surface area (Å²) in [5.74, 6) is 0.867. The number of nitrogens with two attached hydrogens (primary N) is 1. The van der Waals surface area contributed by atoms with Crippen molar-refractivity contribution in [3.8, 4) is 11.1 Å². The molecule has 2 aromatic carbocycles. The van der Waals surface area contributed by atoms with Crippen LogP contribution in [0.5, 0.6) is 0 Å². The van der Waals surface area contributed by atoms with Gasteiger partial charge in [0.15, 0.2) is 5.72 Å². The lowest BCUT2D eigenvalue weighted by molar-refractivity contribution is -0.00270. The van der Waals surface area contributed by atoms with Crippen molar-refractivity contribution in [1.82, 2.24) is 20.3 Å². The van der Waals surface area contributed by atoms with E-state index in [0.717, 1.165) is 33.5 Å². The van der Waals surface area contributed by atoms with Gasteiger partial charge in [0, 0.05) is 38.7 Å². The Morgan fingerprint density at radius 2 is 1.85 bits per heavy atom. The van der Waals surface area contributed by atoms with Gasteiger partial charge in [-0.25, -0.2) is 14.8 Å². The molecule has 1 amide bonds. The molecule has 0 saturated carbocycles. The molecule has 2 aromatic heterocycles. The number of amides is 1. The molecule has 0 unspecified atom stereocenters. The first kappa shape index (κ1) is 21.0. The molecule has 0 radical (unpaired) electrons. The number of ether oxygens (including phenoxy) is 1. The fraction of sp³-hybridized carbons (Fsp3) is 0.240. The number of aromatic amines is 1. The Morgan fingerprint density at radius 3 is 2.67 bits per heavy atom. The number of carbonyl (C=O) groups is 1. The Balaban J connectivity index is 1.16. The number of hydrogen-bond acceptors (Lipinski definition) is 6. The molecule has 4 aromatic rings. The van der Waals surface area contributed by atoms with E-state index in [9.17, 15) is 4.79 Å². The second-order valence-electron chi connectivity index (χ2n) is 8.30. The highest BCUT2D eigenvalue weighted by atomic mass is 16.6. The van der Waals surface area contributed by atoms with Gasteiger partial charge in [0.25, 0.3) is 0 Å². The Bertz CT molecular complexity index is 1250. The van der Waals surface area contributed by atoms with Crippen LogP contribution in [0, 0.1) is 0 Å².